The van der Waals surface area contributed by atoms with Gasteiger partial charge >= 0.3 is 0 Å². The number of ketones is 1. The first-order valence-electron chi connectivity index (χ1n) is 11.7. The number of nitrogens with zero attached hydrogens (tertiary/aromatic N) is 1. The molecule has 1 aliphatic carbocycles. The Bertz CT molecular complexity index is 844. The lowest BCUT2D eigenvalue weighted by molar-refractivity contribution is -0.135. The molecule has 3 aliphatic rings. The summed E-state index contributed by atoms with van der Waals surface area (Å²) in [5.41, 5.74) is 6.92. The highest BCUT2D eigenvalue weighted by Gasteiger charge is 2.45. The Morgan fingerprint density at radius 1 is 1.16 bits per heavy atom. The predicted octanol–water partition coefficient (Wildman–Crippen LogP) is 2.63. The van der Waals surface area contributed by atoms with Crippen LogP contribution in [0.1, 0.15) is 38.2 Å². The third kappa shape index (κ3) is 4.84. The SMILES string of the molecule is COc1ccc(C2=COC3C(CCC(OCCN4CCC(C(N)=O)CC4)C3C)C2=O)cc1. The molecule has 1 aromatic rings. The van der Waals surface area contributed by atoms with Crippen LogP contribution in [0.2, 0.25) is 0 Å². The Morgan fingerprint density at radius 3 is 2.53 bits per heavy atom. The molecule has 4 unspecified atom stereocenters. The predicted molar refractivity (Wildman–Crippen MR) is 121 cm³/mol. The van der Waals surface area contributed by atoms with E-state index in [4.69, 9.17) is 19.9 Å². The standard InChI is InChI=1S/C25H34N2O5/c1-16-22(31-14-13-27-11-9-18(10-12-27)25(26)29)8-7-20-23(28)21(15-32-24(16)20)17-3-5-19(30-2)6-4-17/h3-6,15-16,18,20,22,24H,7-14H2,1-2H3,(H2,26,29). The highest BCUT2D eigenvalue weighted by molar-refractivity contribution is 6.22. The summed E-state index contributed by atoms with van der Waals surface area (Å²) in [7, 11) is 1.63. The van der Waals surface area contributed by atoms with Crippen molar-refractivity contribution in [2.24, 2.45) is 23.5 Å². The summed E-state index contributed by atoms with van der Waals surface area (Å²) in [5.74, 6) is 0.776. The molecule has 0 bridgehead atoms. The van der Waals surface area contributed by atoms with E-state index in [1.165, 1.54) is 0 Å². The van der Waals surface area contributed by atoms with Crippen LogP contribution >= 0.6 is 0 Å². The molecule has 0 aromatic heterocycles. The molecule has 2 fully saturated rings. The maximum atomic E-state index is 13.2. The highest BCUT2D eigenvalue weighted by atomic mass is 16.5. The fourth-order valence-corrected chi connectivity index (χ4v) is 5.24. The summed E-state index contributed by atoms with van der Waals surface area (Å²) >= 11 is 0. The molecule has 0 spiro atoms. The van der Waals surface area contributed by atoms with Crippen LogP contribution in [-0.2, 0) is 19.1 Å². The van der Waals surface area contributed by atoms with Gasteiger partial charge in [0.15, 0.2) is 5.78 Å². The number of carbonyl (C=O) groups excluding carboxylic acids is 2. The van der Waals surface area contributed by atoms with Gasteiger partial charge in [0.2, 0.25) is 5.91 Å². The van der Waals surface area contributed by atoms with Gasteiger partial charge in [-0.15, -0.1) is 0 Å². The number of fused-ring (bicyclic) bond motifs is 1. The molecule has 0 radical (unpaired) electrons. The van der Waals surface area contributed by atoms with Crippen molar-refractivity contribution >= 4 is 17.3 Å². The van der Waals surface area contributed by atoms with Crippen LogP contribution in [0.3, 0.4) is 0 Å². The second-order valence-corrected chi connectivity index (χ2v) is 9.20. The van der Waals surface area contributed by atoms with Crippen molar-refractivity contribution in [1.29, 1.82) is 0 Å². The van der Waals surface area contributed by atoms with Crippen molar-refractivity contribution in [3.8, 4) is 5.75 Å². The lowest BCUT2D eigenvalue weighted by Gasteiger charge is -2.42. The maximum Gasteiger partial charge on any atom is 0.220 e. The number of rotatable bonds is 7. The molecule has 1 saturated heterocycles. The number of carbonyl (C=O) groups is 2. The number of amides is 1. The number of likely N-dealkylation sites (tertiary alicyclic amines) is 1. The van der Waals surface area contributed by atoms with Crippen molar-refractivity contribution in [1.82, 2.24) is 4.90 Å². The van der Waals surface area contributed by atoms with Gasteiger partial charge in [-0.3, -0.25) is 9.59 Å². The summed E-state index contributed by atoms with van der Waals surface area (Å²) in [6, 6.07) is 7.52. The van der Waals surface area contributed by atoms with Crippen LogP contribution in [-0.4, -0.2) is 62.1 Å². The molecule has 174 valence electrons. The van der Waals surface area contributed by atoms with Crippen molar-refractivity contribution in [3.05, 3.63) is 36.1 Å². The van der Waals surface area contributed by atoms with Crippen molar-refractivity contribution < 1.29 is 23.8 Å². The van der Waals surface area contributed by atoms with E-state index in [0.717, 1.165) is 56.6 Å². The Balaban J connectivity index is 1.29. The van der Waals surface area contributed by atoms with Gasteiger partial charge in [-0.1, -0.05) is 19.1 Å². The molecule has 1 aromatic carbocycles. The molecule has 2 N–H and O–H groups in total. The lowest BCUT2D eigenvalue weighted by atomic mass is 9.73. The van der Waals surface area contributed by atoms with E-state index in [2.05, 4.69) is 11.8 Å². The van der Waals surface area contributed by atoms with Gasteiger partial charge in [0.05, 0.1) is 37.6 Å². The molecule has 4 atom stereocenters. The average molecular weight is 443 g/mol. The number of piperidine rings is 1. The monoisotopic (exact) mass is 442 g/mol. The van der Waals surface area contributed by atoms with Crippen molar-refractivity contribution in [3.63, 3.8) is 0 Å². The first-order chi connectivity index (χ1) is 15.5. The molecule has 7 nitrogen and oxygen atoms in total. The molecule has 7 heteroatoms. The summed E-state index contributed by atoms with van der Waals surface area (Å²) < 4.78 is 17.5. The van der Waals surface area contributed by atoms with Gasteiger partial charge in [-0.05, 0) is 56.5 Å². The maximum absolute atomic E-state index is 13.2. The first kappa shape index (κ1) is 22.8. The Morgan fingerprint density at radius 2 is 1.88 bits per heavy atom. The number of benzene rings is 1. The molecular formula is C25H34N2O5. The molecule has 4 rings (SSSR count). The molecule has 2 heterocycles. The summed E-state index contributed by atoms with van der Waals surface area (Å²) in [6.07, 6.45) is 4.87. The summed E-state index contributed by atoms with van der Waals surface area (Å²) in [6.45, 7) is 5.40. The Labute approximate surface area is 189 Å². The number of ether oxygens (including phenoxy) is 3. The Kier molecular flexibility index (Phi) is 7.16. The fourth-order valence-electron chi connectivity index (χ4n) is 5.24. The van der Waals surface area contributed by atoms with E-state index in [1.807, 2.05) is 24.3 Å². The van der Waals surface area contributed by atoms with Gasteiger partial charge in [0, 0.05) is 18.4 Å². The summed E-state index contributed by atoms with van der Waals surface area (Å²) in [4.78, 5) is 26.9. The van der Waals surface area contributed by atoms with Gasteiger partial charge in [-0.2, -0.15) is 0 Å². The van der Waals surface area contributed by atoms with Crippen molar-refractivity contribution in [2.75, 3.05) is 33.4 Å². The average Bonchev–Trinajstić information content (AvgIpc) is 2.81. The second kappa shape index (κ2) is 10.0. The lowest BCUT2D eigenvalue weighted by Crippen LogP contribution is -2.48. The molecular weight excluding hydrogens is 408 g/mol. The normalized spacial score (nSPS) is 29.1. The van der Waals surface area contributed by atoms with Crippen LogP contribution in [0.15, 0.2) is 30.5 Å². The zero-order valence-electron chi connectivity index (χ0n) is 19.0. The highest BCUT2D eigenvalue weighted by Crippen LogP contribution is 2.40. The molecule has 1 saturated carbocycles. The quantitative estimate of drug-likeness (QED) is 0.698. The molecule has 32 heavy (non-hydrogen) atoms. The van der Waals surface area contributed by atoms with Crippen LogP contribution < -0.4 is 10.5 Å². The molecule has 2 aliphatic heterocycles. The van der Waals surface area contributed by atoms with Crippen LogP contribution in [0.5, 0.6) is 5.75 Å². The fraction of sp³-hybridized carbons (Fsp3) is 0.600. The zero-order chi connectivity index (χ0) is 22.7. The topological polar surface area (TPSA) is 91.1 Å². The minimum Gasteiger partial charge on any atom is -0.497 e. The van der Waals surface area contributed by atoms with E-state index in [0.29, 0.717) is 12.2 Å². The van der Waals surface area contributed by atoms with Crippen LogP contribution in [0.25, 0.3) is 5.57 Å². The number of allylic oxidation sites excluding steroid dienone is 1. The number of nitrogens with two attached hydrogens (primary N) is 1. The van der Waals surface area contributed by atoms with Crippen LogP contribution in [0.4, 0.5) is 0 Å². The number of Topliss-reactive ketones (excluding diaryl/α,β-unsaturated/α-hetero) is 1. The van der Waals surface area contributed by atoms with E-state index < -0.39 is 0 Å². The van der Waals surface area contributed by atoms with E-state index in [-0.39, 0.29) is 41.7 Å². The summed E-state index contributed by atoms with van der Waals surface area (Å²) in [5, 5.41) is 0. The van der Waals surface area contributed by atoms with Crippen molar-refractivity contribution in [2.45, 2.75) is 44.8 Å². The van der Waals surface area contributed by atoms with E-state index in [1.54, 1.807) is 13.4 Å². The Hall–Kier alpha value is -2.38. The largest absolute Gasteiger partial charge is 0.497 e. The minimum atomic E-state index is -0.183. The van der Waals surface area contributed by atoms with Gasteiger partial charge in [-0.25, -0.2) is 0 Å². The third-order valence-electron chi connectivity index (χ3n) is 7.34. The number of primary amides is 1. The van der Waals surface area contributed by atoms with Gasteiger partial charge < -0.3 is 24.8 Å². The smallest absolute Gasteiger partial charge is 0.220 e. The number of methoxy groups -OCH3 is 1. The van der Waals surface area contributed by atoms with Crippen LogP contribution in [0, 0.1) is 17.8 Å². The molecule has 1 amide bonds. The van der Waals surface area contributed by atoms with Gasteiger partial charge in [0.25, 0.3) is 0 Å². The van der Waals surface area contributed by atoms with E-state index in [9.17, 15) is 9.59 Å². The minimum absolute atomic E-state index is 0.0133. The van der Waals surface area contributed by atoms with Gasteiger partial charge in [0.1, 0.15) is 11.9 Å². The third-order valence-corrected chi connectivity index (χ3v) is 7.34. The first-order valence-corrected chi connectivity index (χ1v) is 11.7. The second-order valence-electron chi connectivity index (χ2n) is 9.20. The number of hydrogen-bond donors (Lipinski definition) is 1. The number of hydrogen-bond acceptors (Lipinski definition) is 6. The van der Waals surface area contributed by atoms with E-state index >= 15 is 0 Å². The zero-order valence-corrected chi connectivity index (χ0v) is 19.0.